The zero-order valence-corrected chi connectivity index (χ0v) is 18.3. The summed E-state index contributed by atoms with van der Waals surface area (Å²) < 4.78 is 15.0. The first-order valence-corrected chi connectivity index (χ1v) is 10.4. The number of ether oxygens (including phenoxy) is 3. The van der Waals surface area contributed by atoms with Crippen molar-refractivity contribution in [2.75, 3.05) is 24.7 Å². The van der Waals surface area contributed by atoms with E-state index in [9.17, 15) is 9.59 Å². The van der Waals surface area contributed by atoms with Gasteiger partial charge in [-0.2, -0.15) is 0 Å². The fourth-order valence-electron chi connectivity index (χ4n) is 3.01. The number of anilines is 2. The van der Waals surface area contributed by atoms with E-state index < -0.39 is 11.9 Å². The first kappa shape index (κ1) is 23.9. The van der Waals surface area contributed by atoms with Crippen LogP contribution in [0.1, 0.15) is 22.3 Å². The number of benzene rings is 3. The number of esters is 2. The Morgan fingerprint density at radius 3 is 2.18 bits per heavy atom. The zero-order chi connectivity index (χ0) is 24.3. The second kappa shape index (κ2) is 11.7. The molecule has 0 heterocycles. The summed E-state index contributed by atoms with van der Waals surface area (Å²) in [5, 5.41) is 8.54. The van der Waals surface area contributed by atoms with Crippen molar-refractivity contribution in [3.63, 3.8) is 0 Å². The quantitative estimate of drug-likeness (QED) is 0.160. The molecule has 172 valence electrons. The van der Waals surface area contributed by atoms with Gasteiger partial charge in [-0.15, -0.1) is 5.26 Å². The Morgan fingerprint density at radius 1 is 0.882 bits per heavy atom. The molecule has 3 rings (SSSR count). The van der Waals surface area contributed by atoms with Crippen molar-refractivity contribution < 1.29 is 23.8 Å². The number of nitrogens with zero attached hydrogens (tertiary/aromatic N) is 1. The second-order valence-electron chi connectivity index (χ2n) is 7.18. The maximum Gasteiger partial charge on any atom is 0.340 e. The molecule has 0 aliphatic rings. The van der Waals surface area contributed by atoms with Crippen LogP contribution in [0.4, 0.5) is 11.4 Å². The Kier molecular flexibility index (Phi) is 8.25. The molecule has 0 atom stereocenters. The Balaban J connectivity index is 1.40. The highest BCUT2D eigenvalue weighted by molar-refractivity contribution is 5.95. The van der Waals surface area contributed by atoms with E-state index in [0.29, 0.717) is 17.9 Å². The number of nitriles is 1. The van der Waals surface area contributed by atoms with Crippen LogP contribution < -0.4 is 16.2 Å². The van der Waals surface area contributed by atoms with E-state index in [0.717, 1.165) is 16.7 Å². The number of nitrogen functional groups attached to an aromatic ring is 2. The van der Waals surface area contributed by atoms with Crippen molar-refractivity contribution in [1.29, 1.82) is 5.26 Å². The molecule has 8 heteroatoms. The lowest BCUT2D eigenvalue weighted by atomic mass is 10.0. The zero-order valence-electron chi connectivity index (χ0n) is 18.3. The second-order valence-corrected chi connectivity index (χ2v) is 7.18. The Labute approximate surface area is 197 Å². The van der Waals surface area contributed by atoms with Crippen LogP contribution in [-0.2, 0) is 14.3 Å². The lowest BCUT2D eigenvalue weighted by molar-refractivity contribution is -0.137. The van der Waals surface area contributed by atoms with Crippen LogP contribution in [0.5, 0.6) is 5.75 Å². The molecule has 0 saturated carbocycles. The van der Waals surface area contributed by atoms with Crippen LogP contribution in [0.2, 0.25) is 0 Å². The van der Waals surface area contributed by atoms with E-state index in [-0.39, 0.29) is 24.5 Å². The largest absolute Gasteiger partial charge is 0.462 e. The van der Waals surface area contributed by atoms with Crippen LogP contribution in [0, 0.1) is 11.5 Å². The van der Waals surface area contributed by atoms with Gasteiger partial charge >= 0.3 is 11.9 Å². The topological polar surface area (TPSA) is 138 Å². The lowest BCUT2D eigenvalue weighted by Crippen LogP contribution is -2.11. The van der Waals surface area contributed by atoms with Crippen molar-refractivity contribution in [3.05, 3.63) is 83.9 Å². The summed E-state index contributed by atoms with van der Waals surface area (Å²) in [6, 6.07) is 19.3. The molecule has 0 spiro atoms. The molecule has 0 aliphatic carbocycles. The number of carbonyl (C=O) groups is 2. The Bertz CT molecular complexity index is 1210. The molecule has 4 N–H and O–H groups in total. The minimum Gasteiger partial charge on any atom is -0.462 e. The van der Waals surface area contributed by atoms with Gasteiger partial charge in [0.1, 0.15) is 5.75 Å². The molecule has 0 aliphatic heterocycles. The van der Waals surface area contributed by atoms with Gasteiger partial charge < -0.3 is 25.7 Å². The van der Waals surface area contributed by atoms with Gasteiger partial charge in [-0.1, -0.05) is 36.4 Å². The van der Waals surface area contributed by atoms with Gasteiger partial charge in [-0.05, 0) is 53.1 Å². The summed E-state index contributed by atoms with van der Waals surface area (Å²) in [5.74, 6) is -0.571. The molecule has 0 amide bonds. The number of rotatable bonds is 9. The van der Waals surface area contributed by atoms with Crippen molar-refractivity contribution >= 4 is 29.4 Å². The van der Waals surface area contributed by atoms with Gasteiger partial charge in [0.15, 0.2) is 0 Å². The predicted octanol–water partition coefficient (Wildman–Crippen LogP) is 4.18. The fourth-order valence-corrected chi connectivity index (χ4v) is 3.01. The SMILES string of the molecule is N#COc1ccc(-c2ccc(/C=C/C(=O)OCCCOC(=O)c3ccc(N)cc3N)cc2)cc1. The number of hydrogen-bond acceptors (Lipinski definition) is 8. The Morgan fingerprint density at radius 2 is 1.53 bits per heavy atom. The number of hydrogen-bond donors (Lipinski definition) is 2. The number of carbonyl (C=O) groups excluding carboxylic acids is 2. The molecule has 0 bridgehead atoms. The lowest BCUT2D eigenvalue weighted by Gasteiger charge is -2.07. The van der Waals surface area contributed by atoms with Crippen LogP contribution in [0.15, 0.2) is 72.8 Å². The molecule has 0 radical (unpaired) electrons. The summed E-state index contributed by atoms with van der Waals surface area (Å²) in [4.78, 5) is 23.9. The molecule has 0 saturated heterocycles. The van der Waals surface area contributed by atoms with Crippen LogP contribution >= 0.6 is 0 Å². The summed E-state index contributed by atoms with van der Waals surface area (Å²) in [6.07, 6.45) is 4.98. The Hall–Kier alpha value is -4.77. The average Bonchev–Trinajstić information content (AvgIpc) is 2.83. The minimum absolute atomic E-state index is 0.0880. The molecule has 0 aromatic heterocycles. The third kappa shape index (κ3) is 6.87. The van der Waals surface area contributed by atoms with Crippen molar-refractivity contribution in [2.45, 2.75) is 6.42 Å². The molecule has 3 aromatic rings. The van der Waals surface area contributed by atoms with Gasteiger partial charge in [0.2, 0.25) is 0 Å². The van der Waals surface area contributed by atoms with E-state index in [4.69, 9.17) is 30.9 Å². The minimum atomic E-state index is -0.557. The smallest absolute Gasteiger partial charge is 0.340 e. The van der Waals surface area contributed by atoms with Crippen LogP contribution in [0.3, 0.4) is 0 Å². The van der Waals surface area contributed by atoms with E-state index in [1.165, 1.54) is 18.2 Å². The summed E-state index contributed by atoms with van der Waals surface area (Å²) in [6.45, 7) is 0.197. The maximum atomic E-state index is 12.0. The highest BCUT2D eigenvalue weighted by Crippen LogP contribution is 2.23. The molecule has 0 unspecified atom stereocenters. The van der Waals surface area contributed by atoms with Crippen LogP contribution in [-0.4, -0.2) is 25.2 Å². The van der Waals surface area contributed by atoms with Crippen molar-refractivity contribution in [3.8, 4) is 23.1 Å². The standard InChI is InChI=1S/C26H23N3O5/c27-17-34-22-10-7-20(8-11-22)19-5-2-18(3-6-19)4-13-25(30)32-14-1-15-33-26(31)23-12-9-21(28)16-24(23)29/h2-13,16H,1,14-15,28-29H2/b13-4+. The highest BCUT2D eigenvalue weighted by Gasteiger charge is 2.11. The molecule has 3 aromatic carbocycles. The third-order valence-corrected chi connectivity index (χ3v) is 4.74. The van der Waals surface area contributed by atoms with E-state index >= 15 is 0 Å². The summed E-state index contributed by atoms with van der Waals surface area (Å²) in [7, 11) is 0. The maximum absolute atomic E-state index is 12.0. The van der Waals surface area contributed by atoms with Crippen LogP contribution in [0.25, 0.3) is 17.2 Å². The first-order chi connectivity index (χ1) is 16.5. The number of nitrogens with two attached hydrogens (primary N) is 2. The normalized spacial score (nSPS) is 10.4. The van der Waals surface area contributed by atoms with Crippen molar-refractivity contribution in [1.82, 2.24) is 0 Å². The van der Waals surface area contributed by atoms with Gasteiger partial charge in [0, 0.05) is 23.9 Å². The first-order valence-electron chi connectivity index (χ1n) is 10.4. The highest BCUT2D eigenvalue weighted by atomic mass is 16.5. The molecule has 8 nitrogen and oxygen atoms in total. The average molecular weight is 457 g/mol. The van der Waals surface area contributed by atoms with Gasteiger partial charge in [0.25, 0.3) is 6.26 Å². The molecule has 0 fully saturated rings. The van der Waals surface area contributed by atoms with Gasteiger partial charge in [0.05, 0.1) is 18.8 Å². The van der Waals surface area contributed by atoms with Gasteiger partial charge in [-0.25, -0.2) is 9.59 Å². The fraction of sp³-hybridized carbons (Fsp3) is 0.115. The summed E-state index contributed by atoms with van der Waals surface area (Å²) >= 11 is 0. The van der Waals surface area contributed by atoms with E-state index in [1.54, 1.807) is 30.5 Å². The predicted molar refractivity (Wildman–Crippen MR) is 128 cm³/mol. The third-order valence-electron chi connectivity index (χ3n) is 4.74. The monoisotopic (exact) mass is 457 g/mol. The molecule has 34 heavy (non-hydrogen) atoms. The van der Waals surface area contributed by atoms with E-state index in [1.807, 2.05) is 36.4 Å². The van der Waals surface area contributed by atoms with Crippen molar-refractivity contribution in [2.24, 2.45) is 0 Å². The van der Waals surface area contributed by atoms with Gasteiger partial charge in [-0.3, -0.25) is 0 Å². The summed E-state index contributed by atoms with van der Waals surface area (Å²) in [5.41, 5.74) is 15.1. The molecular formula is C26H23N3O5. The van der Waals surface area contributed by atoms with E-state index in [2.05, 4.69) is 0 Å². The molecular weight excluding hydrogens is 434 g/mol.